The Morgan fingerprint density at radius 2 is 1.95 bits per heavy atom. The summed E-state index contributed by atoms with van der Waals surface area (Å²) in [6, 6.07) is 14.6. The fourth-order valence-electron chi connectivity index (χ4n) is 2.98. The Morgan fingerprint density at radius 3 is 2.75 bits per heavy atom. The van der Waals surface area contributed by atoms with Crippen LogP contribution in [0.1, 0.15) is 37.4 Å². The van der Waals surface area contributed by atoms with Gasteiger partial charge in [0.05, 0.1) is 6.04 Å². The summed E-state index contributed by atoms with van der Waals surface area (Å²) in [4.78, 5) is 4.36. The number of aryl methyl sites for hydroxylation is 1. The van der Waals surface area contributed by atoms with Gasteiger partial charge in [0.2, 0.25) is 0 Å². The van der Waals surface area contributed by atoms with E-state index in [1.165, 1.54) is 17.5 Å². The average molecular weight is 287 g/mol. The molecule has 0 amide bonds. The molecule has 0 aliphatic heterocycles. The quantitative estimate of drug-likeness (QED) is 0.798. The summed E-state index contributed by atoms with van der Waals surface area (Å²) in [5.41, 5.74) is 3.01. The zero-order chi connectivity index (χ0) is 14.2. The first-order chi connectivity index (χ1) is 9.56. The molecule has 1 unspecified atom stereocenters. The second kappa shape index (κ2) is 5.10. The predicted molar refractivity (Wildman–Crippen MR) is 84.2 cm³/mol. The summed E-state index contributed by atoms with van der Waals surface area (Å²) >= 11 is 5.98. The smallest absolute Gasteiger partial charge is 0.131 e. The van der Waals surface area contributed by atoms with Crippen LogP contribution < -0.4 is 5.32 Å². The average Bonchev–Trinajstić information content (AvgIpc) is 2.42. The number of rotatable bonds is 2. The SMILES string of the molecule is CC1(C)CCc2ccccc2C1Nc1cccc(Cl)n1. The Kier molecular flexibility index (Phi) is 3.43. The molecule has 0 bridgehead atoms. The van der Waals surface area contributed by atoms with Crippen LogP contribution in [0.4, 0.5) is 5.82 Å². The Labute approximate surface area is 125 Å². The molecule has 1 aliphatic carbocycles. The molecule has 0 saturated heterocycles. The van der Waals surface area contributed by atoms with Crippen molar-refractivity contribution in [3.63, 3.8) is 0 Å². The Morgan fingerprint density at radius 1 is 1.15 bits per heavy atom. The van der Waals surface area contributed by atoms with Crippen LogP contribution in [0.2, 0.25) is 5.15 Å². The van der Waals surface area contributed by atoms with Gasteiger partial charge in [-0.2, -0.15) is 0 Å². The lowest BCUT2D eigenvalue weighted by Gasteiger charge is -2.40. The molecule has 1 atom stereocenters. The fraction of sp³-hybridized carbons (Fsp3) is 0.353. The van der Waals surface area contributed by atoms with Crippen LogP contribution in [0.3, 0.4) is 0 Å². The van der Waals surface area contributed by atoms with E-state index in [-0.39, 0.29) is 11.5 Å². The maximum atomic E-state index is 5.98. The third kappa shape index (κ3) is 2.53. The number of nitrogens with zero attached hydrogens (tertiary/aromatic N) is 1. The third-order valence-corrected chi connectivity index (χ3v) is 4.40. The number of fused-ring (bicyclic) bond motifs is 1. The van der Waals surface area contributed by atoms with E-state index in [0.29, 0.717) is 5.15 Å². The molecule has 1 aliphatic rings. The Bertz CT molecular complexity index is 622. The van der Waals surface area contributed by atoms with E-state index in [9.17, 15) is 0 Å². The fourth-order valence-corrected chi connectivity index (χ4v) is 3.14. The van der Waals surface area contributed by atoms with Crippen LogP contribution in [0.15, 0.2) is 42.5 Å². The number of hydrogen-bond acceptors (Lipinski definition) is 2. The van der Waals surface area contributed by atoms with Crippen LogP contribution in [0, 0.1) is 5.41 Å². The normalized spacial score (nSPS) is 20.2. The topological polar surface area (TPSA) is 24.9 Å². The summed E-state index contributed by atoms with van der Waals surface area (Å²) in [7, 11) is 0. The lowest BCUT2D eigenvalue weighted by molar-refractivity contribution is 0.265. The minimum Gasteiger partial charge on any atom is -0.363 e. The summed E-state index contributed by atoms with van der Waals surface area (Å²) < 4.78 is 0. The molecule has 104 valence electrons. The number of pyridine rings is 1. The van der Waals surface area contributed by atoms with E-state index >= 15 is 0 Å². The van der Waals surface area contributed by atoms with Gasteiger partial charge in [0.1, 0.15) is 11.0 Å². The molecule has 0 spiro atoms. The first-order valence-electron chi connectivity index (χ1n) is 7.03. The molecule has 0 fully saturated rings. The van der Waals surface area contributed by atoms with Gasteiger partial charge in [0.15, 0.2) is 0 Å². The van der Waals surface area contributed by atoms with Crippen LogP contribution in [0.25, 0.3) is 0 Å². The predicted octanol–water partition coefficient (Wildman–Crippen LogP) is 4.86. The van der Waals surface area contributed by atoms with Gasteiger partial charge in [-0.05, 0) is 41.5 Å². The Balaban J connectivity index is 1.97. The molecule has 20 heavy (non-hydrogen) atoms. The molecule has 3 rings (SSSR count). The maximum absolute atomic E-state index is 5.98. The van der Waals surface area contributed by atoms with Crippen LogP contribution in [-0.4, -0.2) is 4.98 Å². The number of nitrogens with one attached hydrogen (secondary N) is 1. The van der Waals surface area contributed by atoms with Gasteiger partial charge in [0.25, 0.3) is 0 Å². The molecule has 1 N–H and O–H groups in total. The van der Waals surface area contributed by atoms with Crippen LogP contribution >= 0.6 is 11.6 Å². The number of halogens is 1. The minimum absolute atomic E-state index is 0.193. The largest absolute Gasteiger partial charge is 0.363 e. The van der Waals surface area contributed by atoms with Gasteiger partial charge < -0.3 is 5.32 Å². The minimum atomic E-state index is 0.193. The summed E-state index contributed by atoms with van der Waals surface area (Å²) in [6.07, 6.45) is 2.31. The number of benzene rings is 1. The van der Waals surface area contributed by atoms with Crippen molar-refractivity contribution in [2.24, 2.45) is 5.41 Å². The number of aromatic nitrogens is 1. The highest BCUT2D eigenvalue weighted by Crippen LogP contribution is 2.44. The second-order valence-corrected chi connectivity index (χ2v) is 6.50. The van der Waals surface area contributed by atoms with Crippen molar-refractivity contribution < 1.29 is 0 Å². The maximum Gasteiger partial charge on any atom is 0.131 e. The lowest BCUT2D eigenvalue weighted by atomic mass is 9.70. The van der Waals surface area contributed by atoms with E-state index in [4.69, 9.17) is 11.6 Å². The Hall–Kier alpha value is -1.54. The van der Waals surface area contributed by atoms with Crippen LogP contribution in [0.5, 0.6) is 0 Å². The molecule has 2 nitrogen and oxygen atoms in total. The standard InChI is InChI=1S/C17H19ClN2/c1-17(2)11-10-12-6-3-4-7-13(12)16(17)20-15-9-5-8-14(18)19-15/h3-9,16H,10-11H2,1-2H3,(H,19,20). The molecule has 1 aromatic heterocycles. The van der Waals surface area contributed by atoms with Gasteiger partial charge in [-0.15, -0.1) is 0 Å². The first-order valence-corrected chi connectivity index (χ1v) is 7.41. The van der Waals surface area contributed by atoms with Crippen molar-refractivity contribution in [3.8, 4) is 0 Å². The van der Waals surface area contributed by atoms with Crippen molar-refractivity contribution in [1.82, 2.24) is 4.98 Å². The number of hydrogen-bond donors (Lipinski definition) is 1. The monoisotopic (exact) mass is 286 g/mol. The highest BCUT2D eigenvalue weighted by Gasteiger charge is 2.35. The lowest BCUT2D eigenvalue weighted by Crippen LogP contribution is -2.33. The summed E-state index contributed by atoms with van der Waals surface area (Å²) in [5, 5.41) is 4.10. The van der Waals surface area contributed by atoms with E-state index in [2.05, 4.69) is 48.4 Å². The second-order valence-electron chi connectivity index (χ2n) is 6.11. The molecule has 2 aromatic rings. The first kappa shape index (κ1) is 13.4. The molecule has 1 aromatic carbocycles. The van der Waals surface area contributed by atoms with Crippen molar-refractivity contribution in [3.05, 3.63) is 58.7 Å². The summed E-state index contributed by atoms with van der Waals surface area (Å²) in [6.45, 7) is 4.62. The van der Waals surface area contributed by atoms with Crippen molar-refractivity contribution in [1.29, 1.82) is 0 Å². The molecular weight excluding hydrogens is 268 g/mol. The highest BCUT2D eigenvalue weighted by atomic mass is 35.5. The van der Waals surface area contributed by atoms with Crippen LogP contribution in [-0.2, 0) is 6.42 Å². The molecular formula is C17H19ClN2. The highest BCUT2D eigenvalue weighted by molar-refractivity contribution is 6.29. The van der Waals surface area contributed by atoms with Gasteiger partial charge in [0, 0.05) is 0 Å². The zero-order valence-electron chi connectivity index (χ0n) is 11.9. The van der Waals surface area contributed by atoms with Crippen molar-refractivity contribution in [2.75, 3.05) is 5.32 Å². The molecule has 1 heterocycles. The van der Waals surface area contributed by atoms with E-state index < -0.39 is 0 Å². The van der Waals surface area contributed by atoms with Gasteiger partial charge in [-0.25, -0.2) is 4.98 Å². The third-order valence-electron chi connectivity index (χ3n) is 4.19. The molecule has 3 heteroatoms. The number of anilines is 1. The zero-order valence-corrected chi connectivity index (χ0v) is 12.6. The van der Waals surface area contributed by atoms with Crippen molar-refractivity contribution >= 4 is 17.4 Å². The van der Waals surface area contributed by atoms with Gasteiger partial charge in [-0.1, -0.05) is 55.8 Å². The van der Waals surface area contributed by atoms with Gasteiger partial charge >= 0.3 is 0 Å². The summed E-state index contributed by atoms with van der Waals surface area (Å²) in [5.74, 6) is 0.840. The van der Waals surface area contributed by atoms with Crippen molar-refractivity contribution in [2.45, 2.75) is 32.7 Å². The van der Waals surface area contributed by atoms with Gasteiger partial charge in [-0.3, -0.25) is 0 Å². The molecule has 0 saturated carbocycles. The van der Waals surface area contributed by atoms with E-state index in [1.807, 2.05) is 12.1 Å². The van der Waals surface area contributed by atoms with E-state index in [0.717, 1.165) is 12.2 Å². The van der Waals surface area contributed by atoms with E-state index in [1.54, 1.807) is 6.07 Å². The molecule has 0 radical (unpaired) electrons.